The molecule has 2 rings (SSSR count). The number of hydrogen-bond donors (Lipinski definition) is 0. The Bertz CT molecular complexity index is 635. The Kier molecular flexibility index (Phi) is 6.03. The molecule has 0 saturated heterocycles. The normalized spacial score (nSPS) is 9.91. The van der Waals surface area contributed by atoms with Gasteiger partial charge in [-0.3, -0.25) is 0 Å². The molecular formula is C19H18N2O2. The minimum absolute atomic E-state index is 0.407. The van der Waals surface area contributed by atoms with Crippen molar-refractivity contribution in [3.8, 4) is 23.6 Å². The standard InChI is InChI=1S/C19H18N2O2/c1-2-3-4-19(22-17-9-5-15(13-20)6-10-17)23-18-11-7-16(14-21)8-12-18/h5-12,19H,2-4H2,1H3. The van der Waals surface area contributed by atoms with Crippen LogP contribution in [0.4, 0.5) is 0 Å². The molecule has 0 heterocycles. The Morgan fingerprint density at radius 1 is 0.826 bits per heavy atom. The van der Waals surface area contributed by atoms with Gasteiger partial charge in [0, 0.05) is 6.42 Å². The summed E-state index contributed by atoms with van der Waals surface area (Å²) in [4.78, 5) is 0. The highest BCUT2D eigenvalue weighted by Crippen LogP contribution is 2.20. The Balaban J connectivity index is 2.05. The molecule has 4 nitrogen and oxygen atoms in total. The minimum atomic E-state index is -0.407. The maximum atomic E-state index is 8.83. The maximum absolute atomic E-state index is 8.83. The van der Waals surface area contributed by atoms with Crippen LogP contribution in [0.5, 0.6) is 11.5 Å². The Hall–Kier alpha value is -2.98. The van der Waals surface area contributed by atoms with Crippen LogP contribution in [0.1, 0.15) is 37.3 Å². The number of nitrogens with zero attached hydrogens (tertiary/aromatic N) is 2. The highest BCUT2D eigenvalue weighted by molar-refractivity contribution is 5.35. The van der Waals surface area contributed by atoms with Crippen molar-refractivity contribution in [2.24, 2.45) is 0 Å². The first-order chi connectivity index (χ1) is 11.2. The molecule has 0 fully saturated rings. The largest absolute Gasteiger partial charge is 0.455 e. The van der Waals surface area contributed by atoms with Gasteiger partial charge in [0.1, 0.15) is 11.5 Å². The van der Waals surface area contributed by atoms with Gasteiger partial charge in [-0.2, -0.15) is 10.5 Å². The van der Waals surface area contributed by atoms with Gasteiger partial charge in [0.05, 0.1) is 23.3 Å². The summed E-state index contributed by atoms with van der Waals surface area (Å²) < 4.78 is 11.8. The maximum Gasteiger partial charge on any atom is 0.241 e. The van der Waals surface area contributed by atoms with Crippen LogP contribution in [0.2, 0.25) is 0 Å². The van der Waals surface area contributed by atoms with E-state index >= 15 is 0 Å². The number of hydrogen-bond acceptors (Lipinski definition) is 4. The Morgan fingerprint density at radius 2 is 1.26 bits per heavy atom. The SMILES string of the molecule is CCCCC(Oc1ccc(C#N)cc1)Oc1ccc(C#N)cc1. The van der Waals surface area contributed by atoms with Gasteiger partial charge in [-0.15, -0.1) is 0 Å². The molecule has 116 valence electrons. The van der Waals surface area contributed by atoms with Crippen molar-refractivity contribution < 1.29 is 9.47 Å². The van der Waals surface area contributed by atoms with Crippen molar-refractivity contribution in [2.45, 2.75) is 32.5 Å². The molecule has 0 saturated carbocycles. The zero-order valence-corrected chi connectivity index (χ0v) is 13.0. The summed E-state index contributed by atoms with van der Waals surface area (Å²) in [6, 6.07) is 18.1. The highest BCUT2D eigenvalue weighted by Gasteiger charge is 2.12. The lowest BCUT2D eigenvalue weighted by Crippen LogP contribution is -2.23. The second-order valence-corrected chi connectivity index (χ2v) is 5.08. The molecule has 0 unspecified atom stereocenters. The molecule has 0 aliphatic rings. The highest BCUT2D eigenvalue weighted by atomic mass is 16.7. The second-order valence-electron chi connectivity index (χ2n) is 5.08. The topological polar surface area (TPSA) is 66.0 Å². The van der Waals surface area contributed by atoms with E-state index in [4.69, 9.17) is 20.0 Å². The summed E-state index contributed by atoms with van der Waals surface area (Å²) in [5.41, 5.74) is 1.19. The summed E-state index contributed by atoms with van der Waals surface area (Å²) in [5, 5.41) is 17.7. The van der Waals surface area contributed by atoms with Crippen molar-refractivity contribution in [3.05, 3.63) is 59.7 Å². The molecule has 0 spiro atoms. The van der Waals surface area contributed by atoms with E-state index < -0.39 is 6.29 Å². The van der Waals surface area contributed by atoms with E-state index in [0.29, 0.717) is 22.6 Å². The number of benzene rings is 2. The van der Waals surface area contributed by atoms with E-state index in [2.05, 4.69) is 19.1 Å². The van der Waals surface area contributed by atoms with E-state index in [1.54, 1.807) is 48.5 Å². The smallest absolute Gasteiger partial charge is 0.241 e. The first kappa shape index (κ1) is 16.4. The van der Waals surface area contributed by atoms with Gasteiger partial charge >= 0.3 is 0 Å². The van der Waals surface area contributed by atoms with Gasteiger partial charge in [0.15, 0.2) is 0 Å². The first-order valence-electron chi connectivity index (χ1n) is 7.58. The van der Waals surface area contributed by atoms with Gasteiger partial charge in [0.25, 0.3) is 0 Å². The summed E-state index contributed by atoms with van der Waals surface area (Å²) in [6.07, 6.45) is 2.38. The lowest BCUT2D eigenvalue weighted by Gasteiger charge is -2.20. The minimum Gasteiger partial charge on any atom is -0.455 e. The molecule has 0 aliphatic carbocycles. The summed E-state index contributed by atoms with van der Waals surface area (Å²) >= 11 is 0. The molecule has 0 amide bonds. The third-order valence-corrected chi connectivity index (χ3v) is 3.30. The molecular weight excluding hydrogens is 288 g/mol. The summed E-state index contributed by atoms with van der Waals surface area (Å²) in [6.45, 7) is 2.11. The predicted molar refractivity (Wildman–Crippen MR) is 86.9 cm³/mol. The molecule has 0 radical (unpaired) electrons. The average molecular weight is 306 g/mol. The fourth-order valence-electron chi connectivity index (χ4n) is 2.03. The number of rotatable bonds is 7. The van der Waals surface area contributed by atoms with E-state index in [1.807, 2.05) is 0 Å². The molecule has 23 heavy (non-hydrogen) atoms. The van der Waals surface area contributed by atoms with Crippen molar-refractivity contribution in [1.29, 1.82) is 10.5 Å². The van der Waals surface area contributed by atoms with Crippen molar-refractivity contribution in [2.75, 3.05) is 0 Å². The molecule has 0 atom stereocenters. The monoisotopic (exact) mass is 306 g/mol. The number of nitriles is 2. The molecule has 0 aromatic heterocycles. The zero-order valence-electron chi connectivity index (χ0n) is 13.0. The Morgan fingerprint density at radius 3 is 1.61 bits per heavy atom. The van der Waals surface area contributed by atoms with Crippen molar-refractivity contribution >= 4 is 0 Å². The summed E-state index contributed by atoms with van der Waals surface area (Å²) in [7, 11) is 0. The van der Waals surface area contributed by atoms with Crippen LogP contribution >= 0.6 is 0 Å². The fourth-order valence-corrected chi connectivity index (χ4v) is 2.03. The predicted octanol–water partition coefficient (Wildman–Crippen LogP) is 4.40. The Labute approximate surface area is 136 Å². The van der Waals surface area contributed by atoms with Crippen molar-refractivity contribution in [1.82, 2.24) is 0 Å². The van der Waals surface area contributed by atoms with Crippen LogP contribution in [-0.2, 0) is 0 Å². The van der Waals surface area contributed by atoms with E-state index in [9.17, 15) is 0 Å². The van der Waals surface area contributed by atoms with E-state index in [0.717, 1.165) is 19.3 Å². The molecule has 2 aromatic carbocycles. The average Bonchev–Trinajstić information content (AvgIpc) is 2.61. The number of ether oxygens (including phenoxy) is 2. The van der Waals surface area contributed by atoms with Crippen LogP contribution in [0.15, 0.2) is 48.5 Å². The van der Waals surface area contributed by atoms with Gasteiger partial charge in [-0.1, -0.05) is 13.3 Å². The van der Waals surface area contributed by atoms with Crippen LogP contribution in [0.3, 0.4) is 0 Å². The van der Waals surface area contributed by atoms with Gasteiger partial charge in [0.2, 0.25) is 6.29 Å². The third-order valence-electron chi connectivity index (χ3n) is 3.30. The van der Waals surface area contributed by atoms with Crippen molar-refractivity contribution in [3.63, 3.8) is 0 Å². The zero-order chi connectivity index (χ0) is 16.5. The van der Waals surface area contributed by atoms with E-state index in [-0.39, 0.29) is 0 Å². The molecule has 4 heteroatoms. The van der Waals surface area contributed by atoms with Gasteiger partial charge in [-0.05, 0) is 55.0 Å². The number of unbranched alkanes of at least 4 members (excludes halogenated alkanes) is 1. The van der Waals surface area contributed by atoms with Crippen LogP contribution in [-0.4, -0.2) is 6.29 Å². The summed E-state index contributed by atoms with van der Waals surface area (Å²) in [5.74, 6) is 1.33. The second kappa shape index (κ2) is 8.46. The molecule has 2 aromatic rings. The van der Waals surface area contributed by atoms with Crippen LogP contribution in [0.25, 0.3) is 0 Å². The first-order valence-corrected chi connectivity index (χ1v) is 7.58. The molecule has 0 bridgehead atoms. The quantitative estimate of drug-likeness (QED) is 0.711. The van der Waals surface area contributed by atoms with Gasteiger partial charge < -0.3 is 9.47 Å². The fraction of sp³-hybridized carbons (Fsp3) is 0.263. The lowest BCUT2D eigenvalue weighted by atomic mass is 10.2. The lowest BCUT2D eigenvalue weighted by molar-refractivity contribution is -0.00212. The third kappa shape index (κ3) is 5.05. The van der Waals surface area contributed by atoms with Crippen LogP contribution < -0.4 is 9.47 Å². The molecule has 0 aliphatic heterocycles. The molecule has 0 N–H and O–H groups in total. The van der Waals surface area contributed by atoms with Crippen LogP contribution in [0, 0.1) is 22.7 Å². The van der Waals surface area contributed by atoms with E-state index in [1.165, 1.54) is 0 Å². The van der Waals surface area contributed by atoms with Gasteiger partial charge in [-0.25, -0.2) is 0 Å².